The largest absolute Gasteiger partial charge is 0.348 e. The van der Waals surface area contributed by atoms with E-state index in [2.05, 4.69) is 27.2 Å². The molecular formula is C14H16BrNO. The number of hydrogen-bond acceptors (Lipinski definition) is 1. The van der Waals surface area contributed by atoms with Crippen molar-refractivity contribution in [1.82, 2.24) is 5.32 Å². The van der Waals surface area contributed by atoms with Crippen LogP contribution in [0.15, 0.2) is 22.7 Å². The molecule has 1 N–H and O–H groups in total. The number of halogens is 1. The summed E-state index contributed by atoms with van der Waals surface area (Å²) >= 11 is 3.38. The molecular weight excluding hydrogens is 278 g/mol. The first-order chi connectivity index (χ1) is 8.08. The second-order valence-corrected chi connectivity index (χ2v) is 4.86. The zero-order valence-electron chi connectivity index (χ0n) is 10.1. The first kappa shape index (κ1) is 13.8. The number of aryl methyl sites for hydroxylation is 1. The normalized spacial score (nSPS) is 11.6. The summed E-state index contributed by atoms with van der Waals surface area (Å²) < 4.78 is 0.974. The lowest BCUT2D eigenvalue weighted by atomic mass is 10.1. The Kier molecular flexibility index (Phi) is 5.24. The molecule has 3 heteroatoms. The van der Waals surface area contributed by atoms with Crippen molar-refractivity contribution in [3.63, 3.8) is 0 Å². The summed E-state index contributed by atoms with van der Waals surface area (Å²) in [5.74, 6) is 2.52. The van der Waals surface area contributed by atoms with Crippen molar-refractivity contribution >= 4 is 21.8 Å². The lowest BCUT2D eigenvalue weighted by molar-refractivity contribution is 0.0936. The van der Waals surface area contributed by atoms with Crippen LogP contribution in [0.1, 0.15) is 35.7 Å². The molecule has 1 aromatic carbocycles. The van der Waals surface area contributed by atoms with Crippen molar-refractivity contribution in [3.8, 4) is 12.3 Å². The molecule has 0 aliphatic carbocycles. The molecule has 0 heterocycles. The van der Waals surface area contributed by atoms with E-state index in [1.54, 1.807) is 0 Å². The predicted octanol–water partition coefficient (Wildman–Crippen LogP) is 3.29. The van der Waals surface area contributed by atoms with Gasteiger partial charge in [-0.2, -0.15) is 0 Å². The van der Waals surface area contributed by atoms with Gasteiger partial charge in [0, 0.05) is 22.5 Å². The molecule has 1 atom stereocenters. The zero-order chi connectivity index (χ0) is 12.8. The van der Waals surface area contributed by atoms with Crippen LogP contribution in [0.4, 0.5) is 0 Å². The highest BCUT2D eigenvalue weighted by Crippen LogP contribution is 2.16. The van der Waals surface area contributed by atoms with Crippen LogP contribution in [0.5, 0.6) is 0 Å². The second kappa shape index (κ2) is 6.46. The minimum absolute atomic E-state index is 0.0514. The second-order valence-electron chi connectivity index (χ2n) is 3.95. The summed E-state index contributed by atoms with van der Waals surface area (Å²) in [6.07, 6.45) is 6.67. The van der Waals surface area contributed by atoms with Crippen LogP contribution in [0, 0.1) is 19.3 Å². The Morgan fingerprint density at radius 3 is 2.82 bits per heavy atom. The molecule has 0 aliphatic rings. The van der Waals surface area contributed by atoms with E-state index in [-0.39, 0.29) is 11.9 Å². The molecule has 90 valence electrons. The maximum atomic E-state index is 12.0. The van der Waals surface area contributed by atoms with Crippen LogP contribution < -0.4 is 5.32 Å². The van der Waals surface area contributed by atoms with E-state index < -0.39 is 0 Å². The van der Waals surface area contributed by atoms with Gasteiger partial charge in [-0.1, -0.05) is 22.9 Å². The minimum atomic E-state index is -0.0582. The molecule has 1 unspecified atom stereocenters. The number of amides is 1. The first-order valence-electron chi connectivity index (χ1n) is 5.59. The van der Waals surface area contributed by atoms with Gasteiger partial charge in [0.2, 0.25) is 0 Å². The molecule has 2 nitrogen and oxygen atoms in total. The molecule has 0 saturated carbocycles. The van der Waals surface area contributed by atoms with Gasteiger partial charge in [-0.25, -0.2) is 0 Å². The number of nitrogens with one attached hydrogen (secondary N) is 1. The summed E-state index contributed by atoms with van der Waals surface area (Å²) in [5, 5.41) is 2.95. The van der Waals surface area contributed by atoms with Crippen molar-refractivity contribution in [2.75, 3.05) is 0 Å². The van der Waals surface area contributed by atoms with E-state index in [0.29, 0.717) is 12.0 Å². The zero-order valence-corrected chi connectivity index (χ0v) is 11.7. The number of benzene rings is 1. The Morgan fingerprint density at radius 1 is 1.59 bits per heavy atom. The maximum Gasteiger partial charge on any atom is 0.251 e. The Morgan fingerprint density at radius 2 is 2.29 bits per heavy atom. The number of terminal acetylenes is 1. The van der Waals surface area contributed by atoms with E-state index in [1.807, 2.05) is 32.0 Å². The van der Waals surface area contributed by atoms with E-state index in [0.717, 1.165) is 16.5 Å². The lowest BCUT2D eigenvalue weighted by Crippen LogP contribution is -2.34. The van der Waals surface area contributed by atoms with Gasteiger partial charge in [0.05, 0.1) is 0 Å². The van der Waals surface area contributed by atoms with Crippen LogP contribution >= 0.6 is 15.9 Å². The Hall–Kier alpha value is -1.27. The average Bonchev–Trinajstić information content (AvgIpc) is 2.28. The number of hydrogen-bond donors (Lipinski definition) is 1. The molecule has 1 aromatic rings. The summed E-state index contributed by atoms with van der Waals surface area (Å²) in [5.41, 5.74) is 1.65. The van der Waals surface area contributed by atoms with Gasteiger partial charge in [0.15, 0.2) is 0 Å². The van der Waals surface area contributed by atoms with E-state index in [4.69, 9.17) is 6.42 Å². The van der Waals surface area contributed by atoms with Crippen molar-refractivity contribution in [3.05, 3.63) is 33.8 Å². The highest BCUT2D eigenvalue weighted by Gasteiger charge is 2.13. The van der Waals surface area contributed by atoms with Gasteiger partial charge >= 0.3 is 0 Å². The van der Waals surface area contributed by atoms with Crippen LogP contribution in [-0.2, 0) is 0 Å². The van der Waals surface area contributed by atoms with Gasteiger partial charge < -0.3 is 5.32 Å². The molecule has 0 aromatic heterocycles. The lowest BCUT2D eigenvalue weighted by Gasteiger charge is -2.15. The van der Waals surface area contributed by atoms with E-state index >= 15 is 0 Å². The topological polar surface area (TPSA) is 29.1 Å². The highest BCUT2D eigenvalue weighted by molar-refractivity contribution is 9.10. The molecule has 1 rings (SSSR count). The van der Waals surface area contributed by atoms with Crippen LogP contribution in [-0.4, -0.2) is 11.9 Å². The first-order valence-corrected chi connectivity index (χ1v) is 6.38. The smallest absolute Gasteiger partial charge is 0.251 e. The van der Waals surface area contributed by atoms with Crippen molar-refractivity contribution in [2.45, 2.75) is 32.7 Å². The number of rotatable bonds is 4. The van der Waals surface area contributed by atoms with Crippen molar-refractivity contribution < 1.29 is 4.79 Å². The van der Waals surface area contributed by atoms with Gasteiger partial charge in [-0.3, -0.25) is 4.79 Å². The molecule has 0 radical (unpaired) electrons. The molecule has 0 spiro atoms. The molecule has 1 amide bonds. The van der Waals surface area contributed by atoms with Gasteiger partial charge in [-0.15, -0.1) is 12.3 Å². The third-order valence-corrected chi connectivity index (χ3v) is 3.12. The van der Waals surface area contributed by atoms with Crippen LogP contribution in [0.2, 0.25) is 0 Å². The van der Waals surface area contributed by atoms with Crippen LogP contribution in [0.3, 0.4) is 0 Å². The fourth-order valence-electron chi connectivity index (χ4n) is 1.58. The monoisotopic (exact) mass is 293 g/mol. The van der Waals surface area contributed by atoms with Gasteiger partial charge in [-0.05, 0) is 37.1 Å². The summed E-state index contributed by atoms with van der Waals surface area (Å²) in [4.78, 5) is 12.0. The fourth-order valence-corrected chi connectivity index (χ4v) is 2.06. The maximum absolute atomic E-state index is 12.0. The molecule has 17 heavy (non-hydrogen) atoms. The predicted molar refractivity (Wildman–Crippen MR) is 73.9 cm³/mol. The standard InChI is InChI=1S/C14H16BrNO/c1-4-6-12(5-2)16-14(17)13-8-7-11(15)9-10(13)3/h1,7-9,12H,5-6H2,2-3H3,(H,16,17). The van der Waals surface area contributed by atoms with Gasteiger partial charge in [0.25, 0.3) is 5.91 Å². The van der Waals surface area contributed by atoms with Gasteiger partial charge in [0.1, 0.15) is 0 Å². The Balaban J connectivity index is 2.79. The Bertz CT molecular complexity index is 448. The number of carbonyl (C=O) groups is 1. The third kappa shape index (κ3) is 3.90. The number of carbonyl (C=O) groups excluding carboxylic acids is 1. The third-order valence-electron chi connectivity index (χ3n) is 2.63. The molecule has 0 aliphatic heterocycles. The average molecular weight is 294 g/mol. The summed E-state index contributed by atoms with van der Waals surface area (Å²) in [6, 6.07) is 5.66. The molecule has 0 fully saturated rings. The van der Waals surface area contributed by atoms with Crippen molar-refractivity contribution in [1.29, 1.82) is 0 Å². The highest BCUT2D eigenvalue weighted by atomic mass is 79.9. The summed E-state index contributed by atoms with van der Waals surface area (Å²) in [7, 11) is 0. The van der Waals surface area contributed by atoms with E-state index in [9.17, 15) is 4.79 Å². The van der Waals surface area contributed by atoms with Crippen molar-refractivity contribution in [2.24, 2.45) is 0 Å². The van der Waals surface area contributed by atoms with Crippen LogP contribution in [0.25, 0.3) is 0 Å². The fraction of sp³-hybridized carbons (Fsp3) is 0.357. The molecule has 0 bridgehead atoms. The quantitative estimate of drug-likeness (QED) is 0.848. The van der Waals surface area contributed by atoms with E-state index in [1.165, 1.54) is 0 Å². The Labute approximate surface area is 111 Å². The molecule has 0 saturated heterocycles. The summed E-state index contributed by atoms with van der Waals surface area (Å²) in [6.45, 7) is 3.93. The SMILES string of the molecule is C#CCC(CC)NC(=O)c1ccc(Br)cc1C. The minimum Gasteiger partial charge on any atom is -0.348 e.